The Bertz CT molecular complexity index is 283. The summed E-state index contributed by atoms with van der Waals surface area (Å²) in [5.74, 6) is 1.17. The number of hydrogen-bond acceptors (Lipinski definition) is 5. The van der Waals surface area contributed by atoms with E-state index in [0.717, 1.165) is 6.42 Å². The van der Waals surface area contributed by atoms with Crippen molar-refractivity contribution in [3.8, 4) is 0 Å². The summed E-state index contributed by atoms with van der Waals surface area (Å²) in [4.78, 5) is 4.19. The lowest BCUT2D eigenvalue weighted by Crippen LogP contribution is -2.35. The van der Waals surface area contributed by atoms with Gasteiger partial charge in [0.2, 0.25) is 5.89 Å². The minimum atomic E-state index is -0.576. The Morgan fingerprint density at radius 2 is 2.29 bits per heavy atom. The quantitative estimate of drug-likeness (QED) is 0.760. The number of hydrogen-bond donors (Lipinski definition) is 1. The van der Waals surface area contributed by atoms with Crippen molar-refractivity contribution in [2.24, 2.45) is 5.73 Å². The molecule has 0 aliphatic heterocycles. The van der Waals surface area contributed by atoms with Gasteiger partial charge in [0.25, 0.3) is 0 Å². The molecule has 2 N–H and O–H groups in total. The molecule has 14 heavy (non-hydrogen) atoms. The highest BCUT2D eigenvalue weighted by Crippen LogP contribution is 2.18. The van der Waals surface area contributed by atoms with Crippen LogP contribution in [0.4, 0.5) is 0 Å². The second-order valence-corrected chi connectivity index (χ2v) is 3.53. The van der Waals surface area contributed by atoms with E-state index in [4.69, 9.17) is 15.0 Å². The van der Waals surface area contributed by atoms with Crippen LogP contribution in [0.1, 0.15) is 32.0 Å². The summed E-state index contributed by atoms with van der Waals surface area (Å²) in [6, 6.07) is 0. The third-order valence-electron chi connectivity index (χ3n) is 2.11. The van der Waals surface area contributed by atoms with Crippen LogP contribution < -0.4 is 5.73 Å². The number of methoxy groups -OCH3 is 1. The maximum atomic E-state index is 6.03. The van der Waals surface area contributed by atoms with E-state index >= 15 is 0 Å². The Balaban J connectivity index is 2.70. The van der Waals surface area contributed by atoms with Crippen LogP contribution in [0.15, 0.2) is 4.52 Å². The van der Waals surface area contributed by atoms with Crippen LogP contribution in [0, 0.1) is 0 Å². The fraction of sp³-hybridized carbons (Fsp3) is 0.778. The summed E-state index contributed by atoms with van der Waals surface area (Å²) in [5.41, 5.74) is 5.45. The van der Waals surface area contributed by atoms with Crippen molar-refractivity contribution in [1.29, 1.82) is 0 Å². The summed E-state index contributed by atoms with van der Waals surface area (Å²) < 4.78 is 9.96. The second kappa shape index (κ2) is 4.52. The van der Waals surface area contributed by atoms with Gasteiger partial charge in [-0.05, 0) is 13.3 Å². The molecule has 0 saturated heterocycles. The Kier molecular flexibility index (Phi) is 3.60. The molecule has 0 radical (unpaired) electrons. The van der Waals surface area contributed by atoms with Crippen molar-refractivity contribution < 1.29 is 9.26 Å². The first kappa shape index (κ1) is 11.1. The van der Waals surface area contributed by atoms with Crippen LogP contribution >= 0.6 is 0 Å². The molecular weight excluding hydrogens is 182 g/mol. The summed E-state index contributed by atoms with van der Waals surface area (Å²) in [6.45, 7) is 4.42. The highest BCUT2D eigenvalue weighted by molar-refractivity contribution is 5.01. The van der Waals surface area contributed by atoms with Gasteiger partial charge in [0, 0.05) is 20.1 Å². The maximum Gasteiger partial charge on any atom is 0.226 e. The normalized spacial score (nSPS) is 15.4. The molecule has 1 aromatic heterocycles. The predicted molar refractivity (Wildman–Crippen MR) is 51.7 cm³/mol. The maximum absolute atomic E-state index is 6.03. The molecule has 1 atom stereocenters. The molecule has 5 nitrogen and oxygen atoms in total. The van der Waals surface area contributed by atoms with Crippen LogP contribution in [0.2, 0.25) is 0 Å². The Morgan fingerprint density at radius 1 is 1.57 bits per heavy atom. The molecular formula is C9H17N3O2. The van der Waals surface area contributed by atoms with Crippen LogP contribution in [0.25, 0.3) is 0 Å². The highest BCUT2D eigenvalue weighted by Gasteiger charge is 2.26. The number of aryl methyl sites for hydroxylation is 1. The molecule has 0 amide bonds. The van der Waals surface area contributed by atoms with E-state index < -0.39 is 5.54 Å². The smallest absolute Gasteiger partial charge is 0.226 e. The minimum absolute atomic E-state index is 0.548. The van der Waals surface area contributed by atoms with Crippen molar-refractivity contribution in [3.63, 3.8) is 0 Å². The van der Waals surface area contributed by atoms with E-state index in [1.807, 2.05) is 13.8 Å². The second-order valence-electron chi connectivity index (χ2n) is 3.53. The topological polar surface area (TPSA) is 74.2 Å². The molecule has 0 aromatic carbocycles. The van der Waals surface area contributed by atoms with Crippen molar-refractivity contribution in [1.82, 2.24) is 10.1 Å². The Hall–Kier alpha value is -0.940. The number of ether oxygens (including phenoxy) is 1. The van der Waals surface area contributed by atoms with E-state index in [1.165, 1.54) is 0 Å². The van der Waals surface area contributed by atoms with Crippen LogP contribution in [-0.4, -0.2) is 23.9 Å². The zero-order chi connectivity index (χ0) is 10.6. The highest BCUT2D eigenvalue weighted by atomic mass is 16.5. The van der Waals surface area contributed by atoms with Gasteiger partial charge in [0.1, 0.15) is 0 Å². The molecule has 1 aromatic rings. The summed E-state index contributed by atoms with van der Waals surface area (Å²) in [6.07, 6.45) is 1.40. The van der Waals surface area contributed by atoms with Crippen molar-refractivity contribution in [2.45, 2.75) is 32.2 Å². The van der Waals surface area contributed by atoms with E-state index in [-0.39, 0.29) is 0 Å². The molecule has 0 spiro atoms. The monoisotopic (exact) mass is 199 g/mol. The van der Waals surface area contributed by atoms with E-state index in [1.54, 1.807) is 7.11 Å². The lowest BCUT2D eigenvalue weighted by Gasteiger charge is -2.19. The lowest BCUT2D eigenvalue weighted by molar-refractivity contribution is 0.168. The molecule has 80 valence electrons. The zero-order valence-corrected chi connectivity index (χ0v) is 8.91. The van der Waals surface area contributed by atoms with Gasteiger partial charge in [-0.3, -0.25) is 0 Å². The van der Waals surface area contributed by atoms with E-state index in [2.05, 4.69) is 10.1 Å². The molecule has 1 heterocycles. The minimum Gasteiger partial charge on any atom is -0.385 e. The van der Waals surface area contributed by atoms with Crippen molar-refractivity contribution >= 4 is 0 Å². The van der Waals surface area contributed by atoms with Crippen molar-refractivity contribution in [2.75, 3.05) is 13.7 Å². The summed E-state index contributed by atoms with van der Waals surface area (Å²) in [5, 5.41) is 3.84. The fourth-order valence-electron chi connectivity index (χ4n) is 1.06. The van der Waals surface area contributed by atoms with Crippen LogP contribution in [0.3, 0.4) is 0 Å². The third kappa shape index (κ3) is 2.52. The van der Waals surface area contributed by atoms with Crippen LogP contribution in [-0.2, 0) is 16.7 Å². The molecule has 0 fully saturated rings. The molecule has 0 saturated carbocycles. The van der Waals surface area contributed by atoms with Gasteiger partial charge in [-0.1, -0.05) is 12.1 Å². The number of nitrogens with zero attached hydrogens (tertiary/aromatic N) is 2. The molecule has 0 bridgehead atoms. The van der Waals surface area contributed by atoms with Gasteiger partial charge in [-0.15, -0.1) is 0 Å². The van der Waals surface area contributed by atoms with E-state index in [9.17, 15) is 0 Å². The molecule has 5 heteroatoms. The lowest BCUT2D eigenvalue weighted by atomic mass is 9.99. The first-order chi connectivity index (χ1) is 6.60. The first-order valence-electron chi connectivity index (χ1n) is 4.71. The van der Waals surface area contributed by atoms with Gasteiger partial charge in [0.15, 0.2) is 5.82 Å². The van der Waals surface area contributed by atoms with Gasteiger partial charge in [-0.25, -0.2) is 0 Å². The van der Waals surface area contributed by atoms with Crippen molar-refractivity contribution in [3.05, 3.63) is 11.7 Å². The molecule has 1 unspecified atom stereocenters. The third-order valence-corrected chi connectivity index (χ3v) is 2.11. The standard InChI is InChI=1S/C9H17N3O2/c1-4-7-11-8(12-14-7)9(2,10)5-6-13-3/h4-6,10H2,1-3H3. The number of rotatable bonds is 5. The Labute approximate surface area is 83.6 Å². The van der Waals surface area contributed by atoms with Gasteiger partial charge in [-0.2, -0.15) is 4.98 Å². The SMILES string of the molecule is CCc1nc(C(C)(N)CCOC)no1. The largest absolute Gasteiger partial charge is 0.385 e. The van der Waals surface area contributed by atoms with Crippen LogP contribution in [0.5, 0.6) is 0 Å². The first-order valence-corrected chi connectivity index (χ1v) is 4.71. The average Bonchev–Trinajstić information content (AvgIpc) is 2.63. The van der Waals surface area contributed by atoms with Gasteiger partial charge < -0.3 is 15.0 Å². The number of nitrogens with two attached hydrogens (primary N) is 1. The van der Waals surface area contributed by atoms with E-state index in [0.29, 0.717) is 24.7 Å². The molecule has 0 aliphatic carbocycles. The fourth-order valence-corrected chi connectivity index (χ4v) is 1.06. The zero-order valence-electron chi connectivity index (χ0n) is 8.91. The summed E-state index contributed by atoms with van der Waals surface area (Å²) in [7, 11) is 1.64. The molecule has 0 aliphatic rings. The van der Waals surface area contributed by atoms with Gasteiger partial charge in [0.05, 0.1) is 5.54 Å². The van der Waals surface area contributed by atoms with Gasteiger partial charge >= 0.3 is 0 Å². The summed E-state index contributed by atoms with van der Waals surface area (Å²) >= 11 is 0. The molecule has 1 rings (SSSR count). The predicted octanol–water partition coefficient (Wildman–Crippen LogP) is 0.842. The Morgan fingerprint density at radius 3 is 2.79 bits per heavy atom. The average molecular weight is 199 g/mol. The number of aromatic nitrogens is 2.